The van der Waals surface area contributed by atoms with Crippen molar-refractivity contribution in [2.75, 3.05) is 11.9 Å². The fraction of sp³-hybridized carbons (Fsp3) is 0.647. The number of hydroxylamine groups is 1. The largest absolute Gasteiger partial charge is 0.449 e. The molecule has 13 heteroatoms. The van der Waals surface area contributed by atoms with Gasteiger partial charge in [-0.15, -0.1) is 0 Å². The van der Waals surface area contributed by atoms with Gasteiger partial charge in [0.1, 0.15) is 12.2 Å². The Bertz CT molecular complexity index is 804. The van der Waals surface area contributed by atoms with Crippen LogP contribution in [0.2, 0.25) is 0 Å². The van der Waals surface area contributed by atoms with Crippen molar-refractivity contribution >= 4 is 17.8 Å². The molecule has 0 aliphatic carbocycles. The molecule has 0 radical (unpaired) electrons. The quantitative estimate of drug-likeness (QED) is 0.205. The maximum absolute atomic E-state index is 14.2. The number of aliphatic hydroxyl groups is 2. The summed E-state index contributed by atoms with van der Waals surface area (Å²) >= 11 is 0. The van der Waals surface area contributed by atoms with Crippen molar-refractivity contribution < 1.29 is 38.9 Å². The molecule has 1 aromatic heterocycles. The number of nitrogens with zero attached hydrogens (tertiary/aromatic N) is 2. The van der Waals surface area contributed by atoms with Crippen molar-refractivity contribution in [3.8, 4) is 0 Å². The molecule has 2 amide bonds. The minimum absolute atomic E-state index is 0.0363. The molecular weight excluding hydrogens is 407 g/mol. The Morgan fingerprint density at radius 3 is 2.60 bits per heavy atom. The lowest BCUT2D eigenvalue weighted by Crippen LogP contribution is -2.36. The molecule has 0 bridgehead atoms. The van der Waals surface area contributed by atoms with Gasteiger partial charge in [-0.05, 0) is 19.8 Å². The standard InChI is InChI=1S/C17H25FN4O8/c1-9-12(24)13(25)15(30-9)22-8-10(18)14(19-16(22)26)20-17(27)29-7-5-3-2-4-6-11(23)21-28/h8-9,12-13,15,24-25,28H,2-7H2,1H3,(H,21,23)(H,19,20,26,27)/t9-,12-,13-,15-/m1/s1. The van der Waals surface area contributed by atoms with E-state index >= 15 is 0 Å². The number of ether oxygens (including phenoxy) is 2. The number of halogens is 1. The summed E-state index contributed by atoms with van der Waals surface area (Å²) in [6.07, 6.45) is -2.43. The SMILES string of the molecule is C[C@H]1O[C@@H](n2cc(F)c(NC(=O)OCCCCCCC(=O)NO)nc2=O)[C@H](O)[C@@H]1O. The lowest BCUT2D eigenvalue weighted by Gasteiger charge is -2.17. The average molecular weight is 432 g/mol. The van der Waals surface area contributed by atoms with Crippen LogP contribution in [-0.2, 0) is 14.3 Å². The highest BCUT2D eigenvalue weighted by atomic mass is 19.1. The number of amides is 2. The highest BCUT2D eigenvalue weighted by Crippen LogP contribution is 2.28. The molecule has 2 rings (SSSR count). The monoisotopic (exact) mass is 432 g/mol. The third-order valence-electron chi connectivity index (χ3n) is 4.53. The van der Waals surface area contributed by atoms with E-state index in [0.717, 1.165) is 0 Å². The maximum atomic E-state index is 14.2. The number of aliphatic hydroxyl groups excluding tert-OH is 2. The van der Waals surface area contributed by atoms with Crippen LogP contribution in [-0.4, -0.2) is 61.9 Å². The van der Waals surface area contributed by atoms with Crippen LogP contribution in [0.15, 0.2) is 11.0 Å². The third-order valence-corrected chi connectivity index (χ3v) is 4.53. The van der Waals surface area contributed by atoms with Gasteiger partial charge in [-0.25, -0.2) is 19.5 Å². The first-order chi connectivity index (χ1) is 14.2. The van der Waals surface area contributed by atoms with Crippen molar-refractivity contribution in [2.45, 2.75) is 63.6 Å². The zero-order valence-corrected chi connectivity index (χ0v) is 16.3. The fourth-order valence-corrected chi connectivity index (χ4v) is 2.87. The van der Waals surface area contributed by atoms with Crippen LogP contribution in [0.5, 0.6) is 0 Å². The first-order valence-electron chi connectivity index (χ1n) is 9.41. The third kappa shape index (κ3) is 6.19. The Balaban J connectivity index is 1.81. The van der Waals surface area contributed by atoms with E-state index in [-0.39, 0.29) is 13.0 Å². The molecule has 1 aliphatic heterocycles. The van der Waals surface area contributed by atoms with E-state index in [4.69, 9.17) is 14.7 Å². The van der Waals surface area contributed by atoms with Crippen LogP contribution in [0.25, 0.3) is 0 Å². The second-order valence-electron chi connectivity index (χ2n) is 6.80. The smallest absolute Gasteiger partial charge is 0.412 e. The molecule has 168 valence electrons. The number of hydrogen-bond acceptors (Lipinski definition) is 9. The van der Waals surface area contributed by atoms with Crippen molar-refractivity contribution in [1.82, 2.24) is 15.0 Å². The topological polar surface area (TPSA) is 172 Å². The van der Waals surface area contributed by atoms with E-state index in [0.29, 0.717) is 36.4 Å². The Hall–Kier alpha value is -2.61. The van der Waals surface area contributed by atoms with Crippen molar-refractivity contribution in [2.24, 2.45) is 0 Å². The Labute approximate surface area is 170 Å². The molecular formula is C17H25FN4O8. The van der Waals surface area contributed by atoms with Crippen molar-refractivity contribution in [1.29, 1.82) is 0 Å². The number of hydrogen-bond donors (Lipinski definition) is 5. The van der Waals surface area contributed by atoms with Crippen LogP contribution >= 0.6 is 0 Å². The van der Waals surface area contributed by atoms with Gasteiger partial charge in [0.2, 0.25) is 5.91 Å². The maximum Gasteiger partial charge on any atom is 0.412 e. The van der Waals surface area contributed by atoms with Gasteiger partial charge in [0.05, 0.1) is 18.9 Å². The number of carbonyl (C=O) groups is 2. The zero-order chi connectivity index (χ0) is 22.3. The molecule has 1 aromatic rings. The molecule has 0 aromatic carbocycles. The molecule has 0 unspecified atom stereocenters. The lowest BCUT2D eigenvalue weighted by atomic mass is 10.1. The molecule has 12 nitrogen and oxygen atoms in total. The second-order valence-corrected chi connectivity index (χ2v) is 6.80. The van der Waals surface area contributed by atoms with Crippen molar-refractivity contribution in [3.63, 3.8) is 0 Å². The van der Waals surface area contributed by atoms with Gasteiger partial charge in [-0.1, -0.05) is 12.8 Å². The van der Waals surface area contributed by atoms with Crippen molar-refractivity contribution in [3.05, 3.63) is 22.5 Å². The summed E-state index contributed by atoms with van der Waals surface area (Å²) in [7, 11) is 0. The minimum atomic E-state index is -1.44. The average Bonchev–Trinajstić information content (AvgIpc) is 2.96. The number of aromatic nitrogens is 2. The van der Waals surface area contributed by atoms with Crippen LogP contribution in [0, 0.1) is 5.82 Å². The van der Waals surface area contributed by atoms with Gasteiger partial charge < -0.3 is 19.7 Å². The van der Waals surface area contributed by atoms with E-state index in [9.17, 15) is 29.0 Å². The Kier molecular flexibility index (Phi) is 8.65. The van der Waals surface area contributed by atoms with Crippen LogP contribution in [0.3, 0.4) is 0 Å². The van der Waals surface area contributed by atoms with Gasteiger partial charge in [-0.3, -0.25) is 19.9 Å². The van der Waals surface area contributed by atoms with Gasteiger partial charge in [0, 0.05) is 6.42 Å². The summed E-state index contributed by atoms with van der Waals surface area (Å²) in [4.78, 5) is 38.1. The molecule has 4 atom stereocenters. The predicted molar refractivity (Wildman–Crippen MR) is 98.0 cm³/mol. The molecule has 5 N–H and O–H groups in total. The van der Waals surface area contributed by atoms with Gasteiger partial charge in [0.15, 0.2) is 17.9 Å². The van der Waals surface area contributed by atoms with E-state index in [1.165, 1.54) is 12.4 Å². The minimum Gasteiger partial charge on any atom is -0.449 e. The molecule has 0 saturated carbocycles. The molecule has 30 heavy (non-hydrogen) atoms. The number of rotatable bonds is 9. The van der Waals surface area contributed by atoms with Gasteiger partial charge in [0.25, 0.3) is 0 Å². The molecule has 1 saturated heterocycles. The van der Waals surface area contributed by atoms with Crippen LogP contribution in [0.4, 0.5) is 15.0 Å². The molecule has 2 heterocycles. The Morgan fingerprint density at radius 1 is 1.27 bits per heavy atom. The first kappa shape index (κ1) is 23.7. The molecule has 1 fully saturated rings. The summed E-state index contributed by atoms with van der Waals surface area (Å²) in [5.41, 5.74) is 0.535. The summed E-state index contributed by atoms with van der Waals surface area (Å²) < 4.78 is 25.1. The Morgan fingerprint density at radius 2 is 1.97 bits per heavy atom. The van der Waals surface area contributed by atoms with E-state index in [2.05, 4.69) is 4.98 Å². The number of carbonyl (C=O) groups excluding carboxylic acids is 2. The summed E-state index contributed by atoms with van der Waals surface area (Å²) in [5, 5.41) is 30.0. The van der Waals surface area contributed by atoms with E-state index in [1.807, 2.05) is 5.32 Å². The summed E-state index contributed by atoms with van der Waals surface area (Å²) in [5.74, 6) is -2.17. The normalized spacial score (nSPS) is 23.2. The first-order valence-corrected chi connectivity index (χ1v) is 9.41. The lowest BCUT2D eigenvalue weighted by molar-refractivity contribution is -0.129. The predicted octanol–water partition coefficient (Wildman–Crippen LogP) is 0.0259. The van der Waals surface area contributed by atoms with Crippen LogP contribution < -0.4 is 16.5 Å². The molecule has 0 spiro atoms. The van der Waals surface area contributed by atoms with E-state index in [1.54, 1.807) is 0 Å². The summed E-state index contributed by atoms with van der Waals surface area (Å²) in [6, 6.07) is 0. The van der Waals surface area contributed by atoms with Gasteiger partial charge in [-0.2, -0.15) is 4.98 Å². The molecule has 1 aliphatic rings. The highest BCUT2D eigenvalue weighted by Gasteiger charge is 2.42. The number of nitrogens with one attached hydrogen (secondary N) is 2. The second kappa shape index (κ2) is 11.0. The fourth-order valence-electron chi connectivity index (χ4n) is 2.87. The number of anilines is 1. The van der Waals surface area contributed by atoms with Crippen LogP contribution in [0.1, 0.15) is 45.3 Å². The zero-order valence-electron chi connectivity index (χ0n) is 16.3. The highest BCUT2D eigenvalue weighted by molar-refractivity contribution is 5.83. The van der Waals surface area contributed by atoms with E-state index < -0.39 is 53.9 Å². The van der Waals surface area contributed by atoms with Gasteiger partial charge >= 0.3 is 11.8 Å². The number of unbranched alkanes of at least 4 members (excludes halogenated alkanes) is 3. The summed E-state index contributed by atoms with van der Waals surface area (Å²) in [6.45, 7) is 1.52.